The number of aliphatic hydroxyl groups is 1. The average Bonchev–Trinajstić information content (AvgIpc) is 2.23. The summed E-state index contributed by atoms with van der Waals surface area (Å²) in [4.78, 5) is 11.3. The Morgan fingerprint density at radius 1 is 1.43 bits per heavy atom. The van der Waals surface area contributed by atoms with Crippen LogP contribution < -0.4 is 0 Å². The number of hydrogen-bond donors (Lipinski definition) is 1. The molecule has 0 aromatic heterocycles. The number of carbonyl (C=O) groups excluding carboxylic acids is 1. The highest BCUT2D eigenvalue weighted by Crippen LogP contribution is 2.35. The number of allylic oxidation sites excluding steroid dienone is 2. The Hall–Kier alpha value is -0.440. The maximum atomic E-state index is 11.3. The van der Waals surface area contributed by atoms with Gasteiger partial charge in [-0.1, -0.05) is 0 Å². The molecule has 1 fully saturated rings. The fraction of sp³-hybridized carbons (Fsp3) is 0.727. The van der Waals surface area contributed by atoms with Crippen molar-refractivity contribution in [2.45, 2.75) is 25.7 Å². The van der Waals surface area contributed by atoms with Crippen molar-refractivity contribution < 1.29 is 9.90 Å². The Bertz CT molecular complexity index is 254. The normalized spacial score (nSPS) is 34.0. The van der Waals surface area contributed by atoms with Crippen molar-refractivity contribution in [3.63, 3.8) is 0 Å². The van der Waals surface area contributed by atoms with E-state index in [2.05, 4.69) is 0 Å². The largest absolute Gasteiger partial charge is 0.505 e. The smallest absolute Gasteiger partial charge is 0.197 e. The van der Waals surface area contributed by atoms with Crippen molar-refractivity contribution in [2.75, 3.05) is 11.5 Å². The molecule has 2 rings (SSSR count). The monoisotopic (exact) mass is 212 g/mol. The first-order valence-electron chi connectivity index (χ1n) is 5.27. The third-order valence-corrected chi connectivity index (χ3v) is 4.45. The standard InChI is InChI=1S/C11H16O2S/c12-10-4-3-8(6-11(10)13)9-2-1-5-14-7-9/h4,8-9,12H,1-3,5-7H2. The molecule has 1 aliphatic carbocycles. The Morgan fingerprint density at radius 2 is 2.29 bits per heavy atom. The Morgan fingerprint density at radius 3 is 2.93 bits per heavy atom. The first kappa shape index (κ1) is 10.1. The molecular formula is C11H16O2S. The molecule has 1 saturated heterocycles. The van der Waals surface area contributed by atoms with E-state index in [9.17, 15) is 9.90 Å². The van der Waals surface area contributed by atoms with Crippen LogP contribution in [0.25, 0.3) is 0 Å². The van der Waals surface area contributed by atoms with Crippen LogP contribution in [0.2, 0.25) is 0 Å². The summed E-state index contributed by atoms with van der Waals surface area (Å²) in [5, 5.41) is 9.20. The Balaban J connectivity index is 1.96. The van der Waals surface area contributed by atoms with E-state index >= 15 is 0 Å². The van der Waals surface area contributed by atoms with E-state index in [4.69, 9.17) is 0 Å². The number of hydrogen-bond acceptors (Lipinski definition) is 3. The van der Waals surface area contributed by atoms with Gasteiger partial charge >= 0.3 is 0 Å². The van der Waals surface area contributed by atoms with Gasteiger partial charge in [-0.3, -0.25) is 4.79 Å². The van der Waals surface area contributed by atoms with Crippen molar-refractivity contribution in [2.24, 2.45) is 11.8 Å². The van der Waals surface area contributed by atoms with Gasteiger partial charge in [0.05, 0.1) is 0 Å². The molecule has 2 nitrogen and oxygen atoms in total. The van der Waals surface area contributed by atoms with Gasteiger partial charge in [-0.05, 0) is 48.7 Å². The molecule has 3 heteroatoms. The third-order valence-electron chi connectivity index (χ3n) is 3.21. The van der Waals surface area contributed by atoms with Crippen LogP contribution in [0.4, 0.5) is 0 Å². The summed E-state index contributed by atoms with van der Waals surface area (Å²) >= 11 is 2.00. The van der Waals surface area contributed by atoms with Gasteiger partial charge in [-0.25, -0.2) is 0 Å². The summed E-state index contributed by atoms with van der Waals surface area (Å²) in [5.41, 5.74) is 0. The summed E-state index contributed by atoms with van der Waals surface area (Å²) in [6.07, 6.45) is 5.71. The molecule has 0 amide bonds. The van der Waals surface area contributed by atoms with Crippen molar-refractivity contribution in [1.82, 2.24) is 0 Å². The first-order chi connectivity index (χ1) is 6.77. The lowest BCUT2D eigenvalue weighted by Gasteiger charge is -2.30. The number of ketones is 1. The molecule has 0 bridgehead atoms. The quantitative estimate of drug-likeness (QED) is 0.725. The van der Waals surface area contributed by atoms with E-state index in [0.29, 0.717) is 18.3 Å². The van der Waals surface area contributed by atoms with E-state index in [0.717, 1.165) is 6.42 Å². The summed E-state index contributed by atoms with van der Waals surface area (Å²) in [7, 11) is 0. The van der Waals surface area contributed by atoms with Crippen molar-refractivity contribution in [1.29, 1.82) is 0 Å². The van der Waals surface area contributed by atoms with Crippen LogP contribution in [-0.4, -0.2) is 22.4 Å². The molecule has 14 heavy (non-hydrogen) atoms. The van der Waals surface area contributed by atoms with E-state index in [1.54, 1.807) is 6.08 Å². The van der Waals surface area contributed by atoms with Crippen LogP contribution in [0.5, 0.6) is 0 Å². The van der Waals surface area contributed by atoms with Crippen LogP contribution in [0.1, 0.15) is 25.7 Å². The van der Waals surface area contributed by atoms with Gasteiger partial charge in [0.1, 0.15) is 0 Å². The Labute approximate surface area is 88.8 Å². The number of rotatable bonds is 1. The lowest BCUT2D eigenvalue weighted by molar-refractivity contribution is -0.119. The lowest BCUT2D eigenvalue weighted by atomic mass is 9.80. The van der Waals surface area contributed by atoms with E-state index < -0.39 is 0 Å². The molecule has 2 unspecified atom stereocenters. The zero-order valence-electron chi connectivity index (χ0n) is 8.24. The number of carbonyl (C=O) groups is 1. The summed E-state index contributed by atoms with van der Waals surface area (Å²) < 4.78 is 0. The number of thioether (sulfide) groups is 1. The topological polar surface area (TPSA) is 37.3 Å². The average molecular weight is 212 g/mol. The predicted octanol–water partition coefficient (Wildman–Crippen LogP) is 2.55. The van der Waals surface area contributed by atoms with Crippen LogP contribution in [0, 0.1) is 11.8 Å². The molecule has 0 spiro atoms. The Kier molecular flexibility index (Phi) is 3.16. The molecule has 0 aromatic rings. The minimum absolute atomic E-state index is 0.00953. The second-order valence-corrected chi connectivity index (χ2v) is 5.34. The highest BCUT2D eigenvalue weighted by molar-refractivity contribution is 7.99. The molecule has 0 radical (unpaired) electrons. The zero-order chi connectivity index (χ0) is 9.97. The van der Waals surface area contributed by atoms with Crippen LogP contribution in [-0.2, 0) is 4.79 Å². The second-order valence-electron chi connectivity index (χ2n) is 4.19. The molecule has 1 heterocycles. The van der Waals surface area contributed by atoms with Crippen molar-refractivity contribution in [3.05, 3.63) is 11.8 Å². The third kappa shape index (κ3) is 2.14. The summed E-state index contributed by atoms with van der Waals surface area (Å²) in [6.45, 7) is 0. The van der Waals surface area contributed by atoms with Crippen molar-refractivity contribution >= 4 is 17.5 Å². The molecule has 1 aliphatic heterocycles. The van der Waals surface area contributed by atoms with Gasteiger partial charge < -0.3 is 5.11 Å². The SMILES string of the molecule is O=C1CC(C2CCCSC2)CC=C1O. The molecular weight excluding hydrogens is 196 g/mol. The maximum absolute atomic E-state index is 11.3. The molecule has 2 atom stereocenters. The summed E-state index contributed by atoms with van der Waals surface area (Å²) in [5.74, 6) is 3.60. The number of Topliss-reactive ketones (excluding diaryl/α,β-unsaturated/α-hetero) is 1. The highest BCUT2D eigenvalue weighted by Gasteiger charge is 2.29. The van der Waals surface area contributed by atoms with E-state index in [-0.39, 0.29) is 11.5 Å². The molecule has 1 N–H and O–H groups in total. The van der Waals surface area contributed by atoms with Gasteiger partial charge in [0.25, 0.3) is 0 Å². The molecule has 0 saturated carbocycles. The zero-order valence-corrected chi connectivity index (χ0v) is 9.05. The van der Waals surface area contributed by atoms with Crippen LogP contribution in [0.3, 0.4) is 0 Å². The van der Waals surface area contributed by atoms with Crippen molar-refractivity contribution in [3.8, 4) is 0 Å². The van der Waals surface area contributed by atoms with E-state index in [1.165, 1.54) is 24.3 Å². The van der Waals surface area contributed by atoms with Gasteiger partial charge in [0, 0.05) is 6.42 Å². The minimum Gasteiger partial charge on any atom is -0.505 e. The maximum Gasteiger partial charge on any atom is 0.197 e. The molecule has 78 valence electrons. The van der Waals surface area contributed by atoms with Crippen LogP contribution >= 0.6 is 11.8 Å². The fourth-order valence-electron chi connectivity index (χ4n) is 2.30. The van der Waals surface area contributed by atoms with Gasteiger partial charge in [-0.15, -0.1) is 0 Å². The van der Waals surface area contributed by atoms with Gasteiger partial charge in [-0.2, -0.15) is 11.8 Å². The predicted molar refractivity (Wildman–Crippen MR) is 58.5 cm³/mol. The number of aliphatic hydroxyl groups excluding tert-OH is 1. The van der Waals surface area contributed by atoms with E-state index in [1.807, 2.05) is 11.8 Å². The van der Waals surface area contributed by atoms with Gasteiger partial charge in [0.15, 0.2) is 11.5 Å². The van der Waals surface area contributed by atoms with Gasteiger partial charge in [0.2, 0.25) is 0 Å². The highest BCUT2D eigenvalue weighted by atomic mass is 32.2. The first-order valence-corrected chi connectivity index (χ1v) is 6.43. The van der Waals surface area contributed by atoms with Crippen LogP contribution in [0.15, 0.2) is 11.8 Å². The fourth-order valence-corrected chi connectivity index (χ4v) is 3.58. The second kappa shape index (κ2) is 4.39. The lowest BCUT2D eigenvalue weighted by Crippen LogP contribution is -2.26. The minimum atomic E-state index is -0.0585. The molecule has 2 aliphatic rings. The molecule has 0 aromatic carbocycles. The summed E-state index contributed by atoms with van der Waals surface area (Å²) in [6, 6.07) is 0.